The van der Waals surface area contributed by atoms with Crippen molar-refractivity contribution in [2.24, 2.45) is 5.92 Å². The second kappa shape index (κ2) is 8.26. The molecule has 0 radical (unpaired) electrons. The number of thiophene rings is 1. The van der Waals surface area contributed by atoms with E-state index in [0.29, 0.717) is 6.54 Å². The first-order valence-electron chi connectivity index (χ1n) is 9.61. The number of amides is 2. The lowest BCUT2D eigenvalue weighted by atomic mass is 9.95. The minimum Gasteiger partial charge on any atom is -0.337 e. The van der Waals surface area contributed by atoms with Crippen molar-refractivity contribution in [3.63, 3.8) is 0 Å². The minimum absolute atomic E-state index is 0.0466. The first-order chi connectivity index (χ1) is 12.9. The van der Waals surface area contributed by atoms with Gasteiger partial charge in [0.2, 0.25) is 5.91 Å². The van der Waals surface area contributed by atoms with Gasteiger partial charge in [-0.15, -0.1) is 11.3 Å². The van der Waals surface area contributed by atoms with Gasteiger partial charge in [0.1, 0.15) is 0 Å². The van der Waals surface area contributed by atoms with Crippen LogP contribution < -0.4 is 4.90 Å². The van der Waals surface area contributed by atoms with Crippen molar-refractivity contribution >= 4 is 28.8 Å². The molecule has 2 heterocycles. The van der Waals surface area contributed by atoms with Gasteiger partial charge in [-0.2, -0.15) is 0 Å². The van der Waals surface area contributed by atoms with E-state index >= 15 is 0 Å². The van der Waals surface area contributed by atoms with E-state index in [1.165, 1.54) is 11.3 Å². The largest absolute Gasteiger partial charge is 0.337 e. The highest BCUT2D eigenvalue weighted by Gasteiger charge is 2.33. The van der Waals surface area contributed by atoms with Crippen LogP contribution in [0.15, 0.2) is 35.7 Å². The summed E-state index contributed by atoms with van der Waals surface area (Å²) in [4.78, 5) is 30.7. The monoisotopic (exact) mass is 384 g/mol. The molecule has 1 atom stereocenters. The maximum Gasteiger partial charge on any atom is 0.263 e. The smallest absolute Gasteiger partial charge is 0.263 e. The third-order valence-corrected chi connectivity index (χ3v) is 6.03. The van der Waals surface area contributed by atoms with Crippen molar-refractivity contribution in [3.05, 3.63) is 51.7 Å². The number of aryl methyl sites for hydroxylation is 2. The molecule has 1 aliphatic heterocycles. The SMILES string of the molecule is Cc1ccc(C)c(N(C(=O)[C@H]2CCCN(C(=O)c3cccs3)C2)C(C)C)c1. The molecule has 0 spiro atoms. The molecule has 2 amide bonds. The quantitative estimate of drug-likeness (QED) is 0.769. The van der Waals surface area contributed by atoms with Crippen LogP contribution in [0.25, 0.3) is 0 Å². The Morgan fingerprint density at radius 3 is 2.67 bits per heavy atom. The molecule has 0 aliphatic carbocycles. The van der Waals surface area contributed by atoms with Crippen molar-refractivity contribution in [2.75, 3.05) is 18.0 Å². The highest BCUT2D eigenvalue weighted by atomic mass is 32.1. The summed E-state index contributed by atoms with van der Waals surface area (Å²) < 4.78 is 0. The van der Waals surface area contributed by atoms with Gasteiger partial charge < -0.3 is 9.80 Å². The summed E-state index contributed by atoms with van der Waals surface area (Å²) in [5.41, 5.74) is 3.23. The lowest BCUT2D eigenvalue weighted by Gasteiger charge is -2.37. The van der Waals surface area contributed by atoms with E-state index in [9.17, 15) is 9.59 Å². The van der Waals surface area contributed by atoms with Crippen LogP contribution in [0.3, 0.4) is 0 Å². The Labute approximate surface area is 165 Å². The third-order valence-electron chi connectivity index (χ3n) is 5.17. The fourth-order valence-electron chi connectivity index (χ4n) is 3.75. The molecule has 3 rings (SSSR count). The summed E-state index contributed by atoms with van der Waals surface area (Å²) in [6.07, 6.45) is 1.70. The van der Waals surface area contributed by atoms with Gasteiger partial charge in [-0.3, -0.25) is 9.59 Å². The summed E-state index contributed by atoms with van der Waals surface area (Å²) in [7, 11) is 0. The lowest BCUT2D eigenvalue weighted by molar-refractivity contribution is -0.124. The summed E-state index contributed by atoms with van der Waals surface area (Å²) in [5, 5.41) is 1.92. The summed E-state index contributed by atoms with van der Waals surface area (Å²) in [5.74, 6) is 0.0256. The number of carbonyl (C=O) groups is 2. The summed E-state index contributed by atoms with van der Waals surface area (Å²) >= 11 is 1.46. The number of rotatable bonds is 4. The topological polar surface area (TPSA) is 40.6 Å². The van der Waals surface area contributed by atoms with Crippen molar-refractivity contribution < 1.29 is 9.59 Å². The summed E-state index contributed by atoms with van der Waals surface area (Å²) in [6, 6.07) is 10.1. The van der Waals surface area contributed by atoms with Gasteiger partial charge in [0.25, 0.3) is 5.91 Å². The maximum atomic E-state index is 13.4. The van der Waals surface area contributed by atoms with E-state index in [2.05, 4.69) is 32.0 Å². The predicted octanol–water partition coefficient (Wildman–Crippen LogP) is 4.66. The van der Waals surface area contributed by atoms with Gasteiger partial charge in [-0.25, -0.2) is 0 Å². The van der Waals surface area contributed by atoms with E-state index in [-0.39, 0.29) is 23.8 Å². The Balaban J connectivity index is 1.81. The van der Waals surface area contributed by atoms with Gasteiger partial charge in [-0.1, -0.05) is 18.2 Å². The fraction of sp³-hybridized carbons (Fsp3) is 0.455. The van der Waals surface area contributed by atoms with Gasteiger partial charge >= 0.3 is 0 Å². The van der Waals surface area contributed by atoms with Crippen LogP contribution >= 0.6 is 11.3 Å². The van der Waals surface area contributed by atoms with Crippen molar-refractivity contribution in [1.29, 1.82) is 0 Å². The molecule has 1 aliphatic rings. The average molecular weight is 385 g/mol. The van der Waals surface area contributed by atoms with Crippen molar-refractivity contribution in [2.45, 2.75) is 46.6 Å². The number of hydrogen-bond acceptors (Lipinski definition) is 3. The van der Waals surface area contributed by atoms with E-state index < -0.39 is 0 Å². The van der Waals surface area contributed by atoms with Crippen LogP contribution in [0.5, 0.6) is 0 Å². The number of nitrogens with zero attached hydrogens (tertiary/aromatic N) is 2. The molecule has 1 saturated heterocycles. The highest BCUT2D eigenvalue weighted by Crippen LogP contribution is 2.29. The molecule has 0 N–H and O–H groups in total. The van der Waals surface area contributed by atoms with Crippen molar-refractivity contribution in [1.82, 2.24) is 4.90 Å². The lowest BCUT2D eigenvalue weighted by Crippen LogP contribution is -2.48. The second-order valence-corrected chi connectivity index (χ2v) is 8.61. The third kappa shape index (κ3) is 4.24. The predicted molar refractivity (Wildman–Crippen MR) is 111 cm³/mol. The van der Waals surface area contributed by atoms with Crippen LogP contribution in [0.2, 0.25) is 0 Å². The minimum atomic E-state index is -0.148. The zero-order valence-corrected chi connectivity index (χ0v) is 17.4. The summed E-state index contributed by atoms with van der Waals surface area (Å²) in [6.45, 7) is 9.43. The number of carbonyl (C=O) groups excluding carboxylic acids is 2. The van der Waals surface area contributed by atoms with E-state index in [1.807, 2.05) is 41.2 Å². The molecule has 4 nitrogen and oxygen atoms in total. The molecule has 27 heavy (non-hydrogen) atoms. The van der Waals surface area contributed by atoms with E-state index in [4.69, 9.17) is 0 Å². The molecular formula is C22H28N2O2S. The second-order valence-electron chi connectivity index (χ2n) is 7.66. The first-order valence-corrected chi connectivity index (χ1v) is 10.5. The first kappa shape index (κ1) is 19.6. The Morgan fingerprint density at radius 1 is 1.22 bits per heavy atom. The molecule has 0 bridgehead atoms. The normalized spacial score (nSPS) is 17.2. The Bertz CT molecular complexity index is 814. The number of benzene rings is 1. The molecule has 1 aromatic carbocycles. The van der Waals surface area contributed by atoms with E-state index in [1.54, 1.807) is 0 Å². The number of anilines is 1. The zero-order chi connectivity index (χ0) is 19.6. The van der Waals surface area contributed by atoms with Crippen LogP contribution in [0.1, 0.15) is 47.5 Å². The molecule has 1 aromatic heterocycles. The Morgan fingerprint density at radius 2 is 2.00 bits per heavy atom. The maximum absolute atomic E-state index is 13.4. The highest BCUT2D eigenvalue weighted by molar-refractivity contribution is 7.12. The molecule has 1 fully saturated rings. The molecule has 2 aromatic rings. The van der Waals surface area contributed by atoms with Crippen LogP contribution in [-0.2, 0) is 4.79 Å². The van der Waals surface area contributed by atoms with Gasteiger partial charge in [0.15, 0.2) is 0 Å². The van der Waals surface area contributed by atoms with Gasteiger partial charge in [-0.05, 0) is 69.2 Å². The molecule has 0 saturated carbocycles. The van der Waals surface area contributed by atoms with Crippen LogP contribution in [0.4, 0.5) is 5.69 Å². The van der Waals surface area contributed by atoms with E-state index in [0.717, 1.165) is 41.1 Å². The molecule has 0 unspecified atom stereocenters. The zero-order valence-electron chi connectivity index (χ0n) is 16.6. The molecular weight excluding hydrogens is 356 g/mol. The van der Waals surface area contributed by atoms with Crippen molar-refractivity contribution in [3.8, 4) is 0 Å². The number of likely N-dealkylation sites (tertiary alicyclic amines) is 1. The number of hydrogen-bond donors (Lipinski definition) is 0. The van der Waals surface area contributed by atoms with Crippen LogP contribution in [-0.4, -0.2) is 35.8 Å². The standard InChI is InChI=1S/C22H28N2O2S/c1-15(2)24(19-13-16(3)9-10-17(19)4)21(25)18-7-5-11-23(14-18)22(26)20-8-6-12-27-20/h6,8-10,12-13,15,18H,5,7,11,14H2,1-4H3/t18-/m0/s1. The fourth-order valence-corrected chi connectivity index (χ4v) is 4.44. The number of piperidine rings is 1. The van der Waals surface area contributed by atoms with Crippen LogP contribution in [0, 0.1) is 19.8 Å². The van der Waals surface area contributed by atoms with Gasteiger partial charge in [0, 0.05) is 24.8 Å². The molecule has 144 valence electrons. The average Bonchev–Trinajstić information content (AvgIpc) is 3.18. The van der Waals surface area contributed by atoms with Gasteiger partial charge in [0.05, 0.1) is 10.8 Å². The molecule has 5 heteroatoms. The Hall–Kier alpha value is -2.14. The Kier molecular flexibility index (Phi) is 6.00.